The van der Waals surface area contributed by atoms with Crippen molar-refractivity contribution in [1.29, 1.82) is 0 Å². The number of ether oxygens (including phenoxy) is 1. The van der Waals surface area contributed by atoms with Gasteiger partial charge < -0.3 is 25.7 Å². The second-order valence-corrected chi connectivity index (χ2v) is 8.96. The molecule has 0 saturated carbocycles. The number of H-pyrrole nitrogens is 1. The van der Waals surface area contributed by atoms with Crippen molar-refractivity contribution in [2.75, 3.05) is 27.2 Å². The van der Waals surface area contributed by atoms with Crippen LogP contribution in [-0.2, 0) is 9.59 Å². The number of imidazole rings is 1. The maximum Gasteiger partial charge on any atom is 0.226 e. The second kappa shape index (κ2) is 10.6. The quantitative estimate of drug-likeness (QED) is 0.375. The number of benzene rings is 1. The summed E-state index contributed by atoms with van der Waals surface area (Å²) in [6, 6.07) is 9.65. The number of rotatable bonds is 11. The number of nitrogens with zero attached hydrogens (tertiary/aromatic N) is 3. The van der Waals surface area contributed by atoms with Gasteiger partial charge in [-0.2, -0.15) is 0 Å². The number of aromatic amines is 1. The van der Waals surface area contributed by atoms with Gasteiger partial charge in [0.15, 0.2) is 0 Å². The number of unbranched alkanes of at least 4 members (excludes halogenated alkanes) is 2. The molecule has 4 rings (SSSR count). The van der Waals surface area contributed by atoms with Crippen molar-refractivity contribution in [3.05, 3.63) is 42.4 Å². The summed E-state index contributed by atoms with van der Waals surface area (Å²) in [7, 11) is 3.60. The molecule has 0 aliphatic carbocycles. The lowest BCUT2D eigenvalue weighted by Crippen LogP contribution is -2.52. The van der Waals surface area contributed by atoms with Gasteiger partial charge in [-0.3, -0.25) is 9.59 Å². The molecule has 1 aliphatic rings. The highest BCUT2D eigenvalue weighted by atomic mass is 16.5. The molecule has 1 fully saturated rings. The number of hydrogen-bond donors (Lipinski definition) is 3. The predicted octanol–water partition coefficient (Wildman–Crippen LogP) is 2.79. The molecule has 1 saturated heterocycles. The summed E-state index contributed by atoms with van der Waals surface area (Å²) in [6.45, 7) is 1.53. The van der Waals surface area contributed by atoms with Gasteiger partial charge in [0.1, 0.15) is 5.82 Å². The lowest BCUT2D eigenvalue weighted by molar-refractivity contribution is -0.130. The molecule has 34 heavy (non-hydrogen) atoms. The number of hydrogen-bond acceptors (Lipinski definition) is 6. The molecule has 1 aliphatic heterocycles. The van der Waals surface area contributed by atoms with Crippen LogP contribution in [0.4, 0.5) is 0 Å². The van der Waals surface area contributed by atoms with Crippen LogP contribution in [0.5, 0.6) is 5.88 Å². The zero-order chi connectivity index (χ0) is 24.1. The van der Waals surface area contributed by atoms with Gasteiger partial charge in [0.05, 0.1) is 42.0 Å². The van der Waals surface area contributed by atoms with Gasteiger partial charge in [-0.25, -0.2) is 9.97 Å². The first-order chi connectivity index (χ1) is 16.4. The molecule has 1 atom stereocenters. The van der Waals surface area contributed by atoms with Crippen LogP contribution in [0.3, 0.4) is 0 Å². The van der Waals surface area contributed by atoms with Crippen molar-refractivity contribution in [1.82, 2.24) is 25.2 Å². The molecule has 0 radical (unpaired) electrons. The van der Waals surface area contributed by atoms with Crippen LogP contribution in [0.1, 0.15) is 44.0 Å². The van der Waals surface area contributed by atoms with Gasteiger partial charge in [-0.1, -0.05) is 31.0 Å². The topological polar surface area (TPSA) is 126 Å². The first-order valence-corrected chi connectivity index (χ1v) is 11.7. The highest BCUT2D eigenvalue weighted by Gasteiger charge is 2.31. The van der Waals surface area contributed by atoms with Crippen LogP contribution >= 0.6 is 0 Å². The van der Waals surface area contributed by atoms with Crippen molar-refractivity contribution in [3.8, 4) is 17.1 Å². The summed E-state index contributed by atoms with van der Waals surface area (Å²) in [5, 5.41) is 4.18. The molecule has 3 heterocycles. The molecule has 0 bridgehead atoms. The van der Waals surface area contributed by atoms with E-state index in [4.69, 9.17) is 10.5 Å². The first-order valence-electron chi connectivity index (χ1n) is 11.7. The number of pyridine rings is 1. The van der Waals surface area contributed by atoms with E-state index in [1.807, 2.05) is 37.4 Å². The fraction of sp³-hybridized carbons (Fsp3) is 0.440. The highest BCUT2D eigenvalue weighted by Crippen LogP contribution is 2.31. The van der Waals surface area contributed by atoms with Crippen molar-refractivity contribution >= 4 is 22.7 Å². The van der Waals surface area contributed by atoms with Crippen LogP contribution in [0.15, 0.2) is 36.5 Å². The minimum absolute atomic E-state index is 0.00146. The van der Waals surface area contributed by atoms with Gasteiger partial charge in [0.2, 0.25) is 17.7 Å². The van der Waals surface area contributed by atoms with Crippen molar-refractivity contribution in [2.24, 2.45) is 11.7 Å². The zero-order valence-electron chi connectivity index (χ0n) is 19.7. The molecule has 180 valence electrons. The summed E-state index contributed by atoms with van der Waals surface area (Å²) >= 11 is 0. The van der Waals surface area contributed by atoms with Gasteiger partial charge in [-0.05, 0) is 32.0 Å². The minimum atomic E-state index is -0.285. The maximum atomic E-state index is 12.8. The Labute approximate surface area is 199 Å². The Bertz CT molecular complexity index is 1150. The van der Waals surface area contributed by atoms with Crippen molar-refractivity contribution in [3.63, 3.8) is 0 Å². The molecular weight excluding hydrogens is 432 g/mol. The lowest BCUT2D eigenvalue weighted by atomic mass is 9.99. The van der Waals surface area contributed by atoms with E-state index < -0.39 is 0 Å². The molecule has 9 nitrogen and oxygen atoms in total. The van der Waals surface area contributed by atoms with Gasteiger partial charge in [0, 0.05) is 24.9 Å². The summed E-state index contributed by atoms with van der Waals surface area (Å²) in [5.74, 6) is 0.969. The van der Waals surface area contributed by atoms with Crippen molar-refractivity contribution < 1.29 is 14.3 Å². The molecule has 1 unspecified atom stereocenters. The van der Waals surface area contributed by atoms with E-state index in [-0.39, 0.29) is 23.8 Å². The third kappa shape index (κ3) is 5.53. The van der Waals surface area contributed by atoms with Crippen LogP contribution < -0.4 is 15.8 Å². The number of carbonyl (C=O) groups excluding carboxylic acids is 2. The number of methoxy groups -OCH3 is 1. The normalized spacial score (nSPS) is 15.1. The Balaban J connectivity index is 1.53. The number of carbonyl (C=O) groups is 2. The fourth-order valence-corrected chi connectivity index (χ4v) is 4.35. The largest absolute Gasteiger partial charge is 0.480 e. The number of fused-ring (bicyclic) bond motifs is 1. The van der Waals surface area contributed by atoms with Crippen LogP contribution in [0.25, 0.3) is 22.2 Å². The smallest absolute Gasteiger partial charge is 0.226 e. The minimum Gasteiger partial charge on any atom is -0.480 e. The third-order valence-corrected chi connectivity index (χ3v) is 6.27. The number of likely N-dealkylation sites (tertiary alicyclic amines) is 1. The molecule has 1 aromatic carbocycles. The SMILES string of the molecule is COc1nc2ccccc2cc1-c1cnc(C(CCCCCC(N)=O)NC(=O)C2CN(C)C2)[nH]1. The zero-order valence-corrected chi connectivity index (χ0v) is 19.7. The molecule has 0 spiro atoms. The Morgan fingerprint density at radius 2 is 2.06 bits per heavy atom. The standard InChI is InChI=1S/C25H32N6O3/c1-31-14-17(15-31)24(33)29-20(10-4-3-5-11-22(26)32)23-27-13-21(28-23)18-12-16-8-6-7-9-19(16)30-25(18)34-2/h6-9,12-13,17,20H,3-5,10-11,14-15H2,1-2H3,(H2,26,32)(H,27,28)(H,29,33). The number of nitrogens with one attached hydrogen (secondary N) is 2. The Kier molecular flexibility index (Phi) is 7.42. The Morgan fingerprint density at radius 1 is 1.26 bits per heavy atom. The average Bonchev–Trinajstić information content (AvgIpc) is 3.30. The Hall–Kier alpha value is -3.46. The van der Waals surface area contributed by atoms with Crippen LogP contribution in [-0.4, -0.2) is 58.9 Å². The molecule has 2 amide bonds. The number of aromatic nitrogens is 3. The summed E-state index contributed by atoms with van der Waals surface area (Å²) in [6.07, 6.45) is 5.30. The van der Waals surface area contributed by atoms with E-state index in [1.165, 1.54) is 0 Å². The Morgan fingerprint density at radius 3 is 2.79 bits per heavy atom. The number of primary amides is 1. The molecule has 3 aromatic rings. The highest BCUT2D eigenvalue weighted by molar-refractivity contribution is 5.85. The summed E-state index contributed by atoms with van der Waals surface area (Å²) in [4.78, 5) is 38.5. The summed E-state index contributed by atoms with van der Waals surface area (Å²) in [5.41, 5.74) is 7.69. The van der Waals surface area contributed by atoms with E-state index >= 15 is 0 Å². The first kappa shape index (κ1) is 23.7. The van der Waals surface area contributed by atoms with Gasteiger partial charge in [0.25, 0.3) is 0 Å². The van der Waals surface area contributed by atoms with Gasteiger partial charge in [-0.15, -0.1) is 0 Å². The molecule has 9 heteroatoms. The van der Waals surface area contributed by atoms with E-state index in [1.54, 1.807) is 13.3 Å². The second-order valence-electron chi connectivity index (χ2n) is 8.96. The van der Waals surface area contributed by atoms with E-state index in [0.717, 1.165) is 54.5 Å². The third-order valence-electron chi connectivity index (χ3n) is 6.27. The molecular formula is C25H32N6O3. The fourth-order valence-electron chi connectivity index (χ4n) is 4.35. The van der Waals surface area contributed by atoms with E-state index in [0.29, 0.717) is 24.5 Å². The van der Waals surface area contributed by atoms with E-state index in [9.17, 15) is 9.59 Å². The number of amides is 2. The number of nitrogens with two attached hydrogens (primary N) is 1. The van der Waals surface area contributed by atoms with Crippen LogP contribution in [0, 0.1) is 5.92 Å². The number of para-hydroxylation sites is 1. The van der Waals surface area contributed by atoms with Crippen molar-refractivity contribution in [2.45, 2.75) is 38.1 Å². The molecule has 2 aromatic heterocycles. The summed E-state index contributed by atoms with van der Waals surface area (Å²) < 4.78 is 5.55. The van der Waals surface area contributed by atoms with E-state index in [2.05, 4.69) is 25.2 Å². The predicted molar refractivity (Wildman–Crippen MR) is 130 cm³/mol. The lowest BCUT2D eigenvalue weighted by Gasteiger charge is -2.35. The monoisotopic (exact) mass is 464 g/mol. The molecule has 4 N–H and O–H groups in total. The maximum absolute atomic E-state index is 12.8. The average molecular weight is 465 g/mol. The van der Waals surface area contributed by atoms with Crippen LogP contribution in [0.2, 0.25) is 0 Å². The van der Waals surface area contributed by atoms with Gasteiger partial charge >= 0.3 is 0 Å².